The van der Waals surface area contributed by atoms with Crippen LogP contribution in [0, 0.1) is 0 Å². The predicted octanol–water partition coefficient (Wildman–Crippen LogP) is 0.926. The Bertz CT molecular complexity index is 596. The van der Waals surface area contributed by atoms with E-state index in [0.29, 0.717) is 12.2 Å². The van der Waals surface area contributed by atoms with Crippen molar-refractivity contribution < 1.29 is 4.79 Å². The quantitative estimate of drug-likeness (QED) is 0.874. The fraction of sp³-hybridized carbons (Fsp3) is 0.231. The van der Waals surface area contributed by atoms with Gasteiger partial charge in [0.05, 0.1) is 6.54 Å². The average Bonchev–Trinajstić information content (AvgIpc) is 2.71. The molecule has 0 spiro atoms. The number of aromatic amines is 1. The number of rotatable bonds is 3. The Morgan fingerprint density at radius 3 is 2.56 bits per heavy atom. The van der Waals surface area contributed by atoms with Gasteiger partial charge in [-0.15, -0.1) is 0 Å². The van der Waals surface area contributed by atoms with E-state index in [1.165, 1.54) is 15.7 Å². The smallest absolute Gasteiger partial charge is 0.326 e. The van der Waals surface area contributed by atoms with Crippen molar-refractivity contribution in [3.8, 4) is 0 Å². The second-order valence-electron chi connectivity index (χ2n) is 4.25. The van der Waals surface area contributed by atoms with Crippen LogP contribution in [0.1, 0.15) is 16.1 Å². The molecule has 2 aromatic rings. The van der Waals surface area contributed by atoms with Gasteiger partial charge in [0, 0.05) is 20.3 Å². The van der Waals surface area contributed by atoms with Crippen LogP contribution in [-0.4, -0.2) is 34.5 Å². The van der Waals surface area contributed by atoms with Gasteiger partial charge in [-0.25, -0.2) is 4.79 Å². The highest BCUT2D eigenvalue weighted by Crippen LogP contribution is 2.05. The van der Waals surface area contributed by atoms with Gasteiger partial charge >= 0.3 is 5.69 Å². The summed E-state index contributed by atoms with van der Waals surface area (Å²) in [6.07, 6.45) is 1.45. The van der Waals surface area contributed by atoms with E-state index in [-0.39, 0.29) is 11.6 Å². The molecule has 0 radical (unpaired) electrons. The maximum Gasteiger partial charge on any atom is 0.326 e. The third-order valence-electron chi connectivity index (χ3n) is 2.68. The van der Waals surface area contributed by atoms with Gasteiger partial charge in [0.2, 0.25) is 0 Å². The molecule has 2 rings (SSSR count). The molecule has 5 heteroatoms. The van der Waals surface area contributed by atoms with Crippen molar-refractivity contribution in [3.05, 3.63) is 58.3 Å². The largest absolute Gasteiger partial charge is 0.343 e. The van der Waals surface area contributed by atoms with E-state index in [1.807, 2.05) is 30.3 Å². The van der Waals surface area contributed by atoms with Crippen molar-refractivity contribution in [1.29, 1.82) is 0 Å². The van der Waals surface area contributed by atoms with E-state index >= 15 is 0 Å². The third kappa shape index (κ3) is 2.34. The second kappa shape index (κ2) is 4.91. The highest BCUT2D eigenvalue weighted by molar-refractivity contribution is 5.92. The van der Waals surface area contributed by atoms with Gasteiger partial charge in [-0.2, -0.15) is 0 Å². The molecule has 1 aromatic carbocycles. The zero-order valence-corrected chi connectivity index (χ0v) is 10.4. The van der Waals surface area contributed by atoms with Gasteiger partial charge in [0.15, 0.2) is 0 Å². The number of imidazole rings is 1. The normalized spacial score (nSPS) is 10.3. The van der Waals surface area contributed by atoms with Crippen LogP contribution in [-0.2, 0) is 6.54 Å². The number of H-pyrrole nitrogens is 1. The molecule has 0 aliphatic rings. The van der Waals surface area contributed by atoms with E-state index in [1.54, 1.807) is 14.1 Å². The summed E-state index contributed by atoms with van der Waals surface area (Å²) < 4.78 is 1.44. The van der Waals surface area contributed by atoms with Crippen LogP contribution >= 0.6 is 0 Å². The average molecular weight is 245 g/mol. The molecule has 0 atom stereocenters. The van der Waals surface area contributed by atoms with Gasteiger partial charge in [0.25, 0.3) is 5.91 Å². The molecule has 5 nitrogen and oxygen atoms in total. The first-order valence-electron chi connectivity index (χ1n) is 5.63. The molecule has 18 heavy (non-hydrogen) atoms. The number of carbonyl (C=O) groups is 1. The summed E-state index contributed by atoms with van der Waals surface area (Å²) in [6.45, 7) is 0.387. The number of hydrogen-bond acceptors (Lipinski definition) is 2. The molecule has 94 valence electrons. The summed E-state index contributed by atoms with van der Waals surface area (Å²) in [5.41, 5.74) is 1.07. The molecule has 1 amide bonds. The minimum Gasteiger partial charge on any atom is -0.343 e. The van der Waals surface area contributed by atoms with Crippen LogP contribution in [0.2, 0.25) is 0 Å². The van der Waals surface area contributed by atoms with Crippen molar-refractivity contribution in [2.75, 3.05) is 14.1 Å². The number of nitrogens with zero attached hydrogens (tertiary/aromatic N) is 2. The SMILES string of the molecule is CN(C)C(=O)c1c[nH]c(=O)n1Cc1ccccc1. The lowest BCUT2D eigenvalue weighted by atomic mass is 10.2. The molecule has 0 bridgehead atoms. The predicted molar refractivity (Wildman–Crippen MR) is 68.6 cm³/mol. The first-order chi connectivity index (χ1) is 8.59. The lowest BCUT2D eigenvalue weighted by molar-refractivity contribution is 0.0817. The van der Waals surface area contributed by atoms with Gasteiger partial charge in [-0.05, 0) is 5.56 Å². The van der Waals surface area contributed by atoms with Crippen LogP contribution in [0.4, 0.5) is 0 Å². The van der Waals surface area contributed by atoms with Gasteiger partial charge in [-0.3, -0.25) is 9.36 Å². The van der Waals surface area contributed by atoms with Crippen molar-refractivity contribution in [2.24, 2.45) is 0 Å². The molecule has 0 aliphatic carbocycles. The minimum atomic E-state index is -0.274. The van der Waals surface area contributed by atoms with Crippen LogP contribution in [0.25, 0.3) is 0 Å². The molecule has 0 saturated heterocycles. The molecule has 1 N–H and O–H groups in total. The molecule has 0 aliphatic heterocycles. The summed E-state index contributed by atoms with van der Waals surface area (Å²) in [5.74, 6) is -0.190. The topological polar surface area (TPSA) is 58.1 Å². The Balaban J connectivity index is 2.36. The van der Waals surface area contributed by atoms with E-state index in [2.05, 4.69) is 4.98 Å². The Morgan fingerprint density at radius 1 is 1.28 bits per heavy atom. The van der Waals surface area contributed by atoms with E-state index < -0.39 is 0 Å². The maximum absolute atomic E-state index is 11.9. The summed E-state index contributed by atoms with van der Waals surface area (Å²) >= 11 is 0. The second-order valence-corrected chi connectivity index (χ2v) is 4.25. The lowest BCUT2D eigenvalue weighted by Gasteiger charge is -2.11. The van der Waals surface area contributed by atoms with E-state index in [9.17, 15) is 9.59 Å². The van der Waals surface area contributed by atoms with Crippen LogP contribution < -0.4 is 5.69 Å². The number of benzene rings is 1. The number of aromatic nitrogens is 2. The molecule has 0 fully saturated rings. The maximum atomic E-state index is 11.9. The number of carbonyl (C=O) groups excluding carboxylic acids is 1. The number of amides is 1. The summed E-state index contributed by atoms with van der Waals surface area (Å²) in [6, 6.07) is 9.56. The first kappa shape index (κ1) is 12.2. The minimum absolute atomic E-state index is 0.190. The van der Waals surface area contributed by atoms with Crippen LogP contribution in [0.15, 0.2) is 41.3 Å². The van der Waals surface area contributed by atoms with Crippen molar-refractivity contribution >= 4 is 5.91 Å². The number of nitrogens with one attached hydrogen (secondary N) is 1. The Hall–Kier alpha value is -2.30. The van der Waals surface area contributed by atoms with Crippen LogP contribution in [0.3, 0.4) is 0 Å². The molecule has 0 saturated carbocycles. The van der Waals surface area contributed by atoms with Gasteiger partial charge in [0.1, 0.15) is 5.69 Å². The first-order valence-corrected chi connectivity index (χ1v) is 5.63. The number of hydrogen-bond donors (Lipinski definition) is 1. The molecule has 1 aromatic heterocycles. The molecular formula is C13H15N3O2. The van der Waals surface area contributed by atoms with Crippen molar-refractivity contribution in [3.63, 3.8) is 0 Å². The van der Waals surface area contributed by atoms with Crippen molar-refractivity contribution in [2.45, 2.75) is 6.54 Å². The zero-order valence-electron chi connectivity index (χ0n) is 10.4. The summed E-state index contributed by atoms with van der Waals surface area (Å²) in [5, 5.41) is 0. The van der Waals surface area contributed by atoms with Crippen LogP contribution in [0.5, 0.6) is 0 Å². The molecule has 1 heterocycles. The molecule has 0 unspecified atom stereocenters. The van der Waals surface area contributed by atoms with Gasteiger partial charge in [-0.1, -0.05) is 30.3 Å². The fourth-order valence-corrected chi connectivity index (χ4v) is 1.72. The third-order valence-corrected chi connectivity index (χ3v) is 2.68. The fourth-order valence-electron chi connectivity index (χ4n) is 1.72. The standard InChI is InChI=1S/C13H15N3O2/c1-15(2)12(17)11-8-14-13(18)16(11)9-10-6-4-3-5-7-10/h3-8H,9H2,1-2H3,(H,14,18). The van der Waals surface area contributed by atoms with Gasteiger partial charge < -0.3 is 9.88 Å². The Kier molecular flexibility index (Phi) is 3.32. The monoisotopic (exact) mass is 245 g/mol. The lowest BCUT2D eigenvalue weighted by Crippen LogP contribution is -2.28. The highest BCUT2D eigenvalue weighted by atomic mass is 16.2. The summed E-state index contributed by atoms with van der Waals surface area (Å²) in [4.78, 5) is 27.6. The Morgan fingerprint density at radius 2 is 1.94 bits per heavy atom. The highest BCUT2D eigenvalue weighted by Gasteiger charge is 2.15. The zero-order chi connectivity index (χ0) is 13.1. The van der Waals surface area contributed by atoms with Crippen molar-refractivity contribution in [1.82, 2.24) is 14.5 Å². The molecular weight excluding hydrogens is 230 g/mol. The Labute approximate surface area is 105 Å². The summed E-state index contributed by atoms with van der Waals surface area (Å²) in [7, 11) is 3.32. The van der Waals surface area contributed by atoms with E-state index in [4.69, 9.17) is 0 Å². The van der Waals surface area contributed by atoms with E-state index in [0.717, 1.165) is 5.56 Å².